The smallest absolute Gasteiger partial charge is 0.307 e. The number of ether oxygens (including phenoxy) is 1. The summed E-state index contributed by atoms with van der Waals surface area (Å²) in [6, 6.07) is 5.48. The molecule has 0 N–H and O–H groups in total. The predicted octanol–water partition coefficient (Wildman–Crippen LogP) is 2.70. The summed E-state index contributed by atoms with van der Waals surface area (Å²) < 4.78 is 8.45. The Bertz CT molecular complexity index is 1240. The van der Waals surface area contributed by atoms with Crippen molar-refractivity contribution in [3.63, 3.8) is 0 Å². The molecule has 0 radical (unpaired) electrons. The maximum absolute atomic E-state index is 12.6. The van der Waals surface area contributed by atoms with Crippen LogP contribution in [0.4, 0.5) is 0 Å². The minimum Gasteiger partial charge on any atom is -0.459 e. The SMILES string of the molecule is Cc1cccc2c(=O)n(CCC(=O)OCc3csc(-c4cnn(C)c4)n3)cnc12. The van der Waals surface area contributed by atoms with Crippen LogP contribution in [0.25, 0.3) is 21.5 Å². The van der Waals surface area contributed by atoms with Gasteiger partial charge in [-0.2, -0.15) is 5.10 Å². The van der Waals surface area contributed by atoms with Crippen molar-refractivity contribution in [1.29, 1.82) is 0 Å². The number of carbonyl (C=O) groups is 1. The molecule has 0 atom stereocenters. The van der Waals surface area contributed by atoms with E-state index in [1.54, 1.807) is 16.9 Å². The van der Waals surface area contributed by atoms with Gasteiger partial charge in [-0.05, 0) is 18.6 Å². The third-order valence-electron chi connectivity index (χ3n) is 4.50. The number of hydrogen-bond acceptors (Lipinski definition) is 7. The number of thiazole rings is 1. The van der Waals surface area contributed by atoms with E-state index in [1.807, 2.05) is 37.7 Å². The fourth-order valence-electron chi connectivity index (χ4n) is 2.97. The zero-order valence-corrected chi connectivity index (χ0v) is 16.8. The van der Waals surface area contributed by atoms with Crippen molar-refractivity contribution in [3.8, 4) is 10.6 Å². The molecule has 0 saturated carbocycles. The second kappa shape index (κ2) is 7.96. The number of nitrogens with zero attached hydrogens (tertiary/aromatic N) is 5. The predicted molar refractivity (Wildman–Crippen MR) is 109 cm³/mol. The molecule has 3 heterocycles. The molecule has 9 heteroatoms. The zero-order chi connectivity index (χ0) is 20.4. The first-order valence-corrected chi connectivity index (χ1v) is 9.93. The van der Waals surface area contributed by atoms with Crippen LogP contribution in [0.3, 0.4) is 0 Å². The van der Waals surface area contributed by atoms with E-state index in [0.717, 1.165) is 16.1 Å². The molecule has 3 aromatic heterocycles. The number of aromatic nitrogens is 5. The molecule has 0 saturated heterocycles. The van der Waals surface area contributed by atoms with Crippen LogP contribution in [0.15, 0.2) is 47.1 Å². The van der Waals surface area contributed by atoms with Crippen LogP contribution < -0.4 is 5.56 Å². The van der Waals surface area contributed by atoms with Crippen LogP contribution in [0.2, 0.25) is 0 Å². The second-order valence-electron chi connectivity index (χ2n) is 6.67. The zero-order valence-electron chi connectivity index (χ0n) is 16.0. The monoisotopic (exact) mass is 409 g/mol. The van der Waals surface area contributed by atoms with E-state index in [2.05, 4.69) is 15.1 Å². The molecular formula is C20H19N5O3S. The molecule has 4 aromatic rings. The molecule has 1 aromatic carbocycles. The number of rotatable bonds is 6. The van der Waals surface area contributed by atoms with Gasteiger partial charge < -0.3 is 4.74 Å². The van der Waals surface area contributed by atoms with Crippen molar-refractivity contribution in [3.05, 3.63) is 63.9 Å². The average Bonchev–Trinajstić information content (AvgIpc) is 3.35. The van der Waals surface area contributed by atoms with Crippen LogP contribution in [0, 0.1) is 6.92 Å². The van der Waals surface area contributed by atoms with E-state index in [1.165, 1.54) is 22.2 Å². The standard InChI is InChI=1S/C20H19N5O3S/c1-13-4-3-5-16-18(13)21-12-25(20(16)27)7-6-17(26)28-10-15-11-29-19(23-15)14-8-22-24(2)9-14/h3-5,8-9,11-12H,6-7,10H2,1-2H3. The minimum absolute atomic E-state index is 0.0819. The first-order chi connectivity index (χ1) is 14.0. The summed E-state index contributed by atoms with van der Waals surface area (Å²) in [5.74, 6) is -0.392. The van der Waals surface area contributed by atoms with Gasteiger partial charge in [0.2, 0.25) is 0 Å². The van der Waals surface area contributed by atoms with Gasteiger partial charge in [-0.1, -0.05) is 12.1 Å². The minimum atomic E-state index is -0.392. The highest BCUT2D eigenvalue weighted by Gasteiger charge is 2.11. The summed E-state index contributed by atoms with van der Waals surface area (Å²) >= 11 is 1.47. The molecule has 0 aliphatic heterocycles. The Labute approximate surface area is 170 Å². The molecule has 0 aliphatic carbocycles. The Hall–Kier alpha value is -3.33. The van der Waals surface area contributed by atoms with Crippen molar-refractivity contribution in [2.24, 2.45) is 7.05 Å². The van der Waals surface area contributed by atoms with Gasteiger partial charge in [-0.15, -0.1) is 11.3 Å². The molecule has 0 bridgehead atoms. The fraction of sp³-hybridized carbons (Fsp3) is 0.250. The van der Waals surface area contributed by atoms with Gasteiger partial charge in [-0.3, -0.25) is 18.8 Å². The number of aryl methyl sites for hydroxylation is 3. The number of carbonyl (C=O) groups excluding carboxylic acids is 1. The normalized spacial score (nSPS) is 11.1. The Balaban J connectivity index is 1.35. The third-order valence-corrected chi connectivity index (χ3v) is 5.44. The van der Waals surface area contributed by atoms with Crippen molar-refractivity contribution in [2.75, 3.05) is 0 Å². The Kier molecular flexibility index (Phi) is 5.22. The molecule has 0 amide bonds. The summed E-state index contributed by atoms with van der Waals surface area (Å²) in [4.78, 5) is 33.5. The molecule has 0 unspecified atom stereocenters. The van der Waals surface area contributed by atoms with E-state index in [0.29, 0.717) is 16.6 Å². The first-order valence-electron chi connectivity index (χ1n) is 9.05. The van der Waals surface area contributed by atoms with Gasteiger partial charge in [0.15, 0.2) is 0 Å². The van der Waals surface area contributed by atoms with E-state index in [-0.39, 0.29) is 25.1 Å². The number of esters is 1. The second-order valence-corrected chi connectivity index (χ2v) is 7.53. The van der Waals surface area contributed by atoms with Crippen molar-refractivity contribution < 1.29 is 9.53 Å². The maximum atomic E-state index is 12.6. The molecular weight excluding hydrogens is 390 g/mol. The van der Waals surface area contributed by atoms with E-state index in [9.17, 15) is 9.59 Å². The van der Waals surface area contributed by atoms with Gasteiger partial charge in [0.25, 0.3) is 5.56 Å². The molecule has 0 spiro atoms. The highest BCUT2D eigenvalue weighted by Crippen LogP contribution is 2.23. The van der Waals surface area contributed by atoms with Crippen molar-refractivity contribution in [2.45, 2.75) is 26.5 Å². The van der Waals surface area contributed by atoms with Crippen LogP contribution >= 0.6 is 11.3 Å². The summed E-state index contributed by atoms with van der Waals surface area (Å²) in [5, 5.41) is 7.36. The quantitative estimate of drug-likeness (QED) is 0.455. The van der Waals surface area contributed by atoms with Gasteiger partial charge in [-0.25, -0.2) is 9.97 Å². The number of para-hydroxylation sites is 1. The number of fused-ring (bicyclic) bond motifs is 1. The molecule has 148 valence electrons. The van der Waals surface area contributed by atoms with Crippen LogP contribution in [-0.4, -0.2) is 30.3 Å². The fourth-order valence-corrected chi connectivity index (χ4v) is 3.75. The van der Waals surface area contributed by atoms with Crippen molar-refractivity contribution in [1.82, 2.24) is 24.3 Å². The summed E-state index contributed by atoms with van der Waals surface area (Å²) in [6.07, 6.45) is 5.18. The lowest BCUT2D eigenvalue weighted by Crippen LogP contribution is -2.22. The number of hydrogen-bond donors (Lipinski definition) is 0. The van der Waals surface area contributed by atoms with Gasteiger partial charge in [0, 0.05) is 30.7 Å². The highest BCUT2D eigenvalue weighted by molar-refractivity contribution is 7.13. The van der Waals surface area contributed by atoms with Gasteiger partial charge in [0.05, 0.1) is 35.5 Å². The van der Waals surface area contributed by atoms with E-state index < -0.39 is 5.97 Å². The lowest BCUT2D eigenvalue weighted by molar-refractivity contribution is -0.145. The lowest BCUT2D eigenvalue weighted by atomic mass is 10.1. The summed E-state index contributed by atoms with van der Waals surface area (Å²) in [7, 11) is 1.84. The van der Waals surface area contributed by atoms with E-state index >= 15 is 0 Å². The third kappa shape index (κ3) is 4.09. The molecule has 29 heavy (non-hydrogen) atoms. The van der Waals surface area contributed by atoms with Crippen LogP contribution in [-0.2, 0) is 29.7 Å². The molecule has 0 aliphatic rings. The van der Waals surface area contributed by atoms with Crippen LogP contribution in [0.5, 0.6) is 0 Å². The largest absolute Gasteiger partial charge is 0.459 e. The van der Waals surface area contributed by atoms with Crippen LogP contribution in [0.1, 0.15) is 17.7 Å². The summed E-state index contributed by atoms with van der Waals surface area (Å²) in [5.41, 5.74) is 3.08. The Morgan fingerprint density at radius 1 is 1.31 bits per heavy atom. The van der Waals surface area contributed by atoms with E-state index in [4.69, 9.17) is 4.74 Å². The van der Waals surface area contributed by atoms with Crippen molar-refractivity contribution >= 4 is 28.2 Å². The molecule has 0 fully saturated rings. The highest BCUT2D eigenvalue weighted by atomic mass is 32.1. The Morgan fingerprint density at radius 2 is 2.17 bits per heavy atom. The topological polar surface area (TPSA) is 91.9 Å². The van der Waals surface area contributed by atoms with Gasteiger partial charge in [0.1, 0.15) is 11.6 Å². The molecule has 4 rings (SSSR count). The molecule has 8 nitrogen and oxygen atoms in total. The number of benzene rings is 1. The average molecular weight is 409 g/mol. The van der Waals surface area contributed by atoms with Gasteiger partial charge >= 0.3 is 5.97 Å². The first kappa shape index (κ1) is 19.0. The lowest BCUT2D eigenvalue weighted by Gasteiger charge is -2.07. The Morgan fingerprint density at radius 3 is 2.97 bits per heavy atom. The summed E-state index contributed by atoms with van der Waals surface area (Å²) in [6.45, 7) is 2.22. The maximum Gasteiger partial charge on any atom is 0.307 e.